The zero-order valence-corrected chi connectivity index (χ0v) is 15.4. The number of amides is 2. The van der Waals surface area contributed by atoms with E-state index in [9.17, 15) is 14.0 Å². The first-order valence-electron chi connectivity index (χ1n) is 8.59. The molecule has 7 heteroatoms. The summed E-state index contributed by atoms with van der Waals surface area (Å²) in [5.74, 6) is -0.845. The average molecular weight is 371 g/mol. The number of nitrogens with one attached hydrogen (secondary N) is 2. The van der Waals surface area contributed by atoms with Crippen molar-refractivity contribution >= 4 is 29.1 Å². The van der Waals surface area contributed by atoms with Crippen LogP contribution < -0.4 is 16.4 Å². The Morgan fingerprint density at radius 3 is 2.59 bits per heavy atom. The van der Waals surface area contributed by atoms with Crippen LogP contribution in [0.1, 0.15) is 37.5 Å². The van der Waals surface area contributed by atoms with Gasteiger partial charge in [-0.1, -0.05) is 13.8 Å². The molecule has 1 aliphatic heterocycles. The van der Waals surface area contributed by atoms with Gasteiger partial charge in [-0.2, -0.15) is 0 Å². The van der Waals surface area contributed by atoms with Crippen molar-refractivity contribution in [3.8, 4) is 0 Å². The minimum absolute atomic E-state index is 0.214. The Balaban J connectivity index is 1.78. The maximum absolute atomic E-state index is 14.3. The summed E-state index contributed by atoms with van der Waals surface area (Å²) in [6.07, 6.45) is -0.486. The number of anilines is 3. The second-order valence-electron chi connectivity index (χ2n) is 7.43. The number of carbonyl (C=O) groups excluding carboxylic acids is 2. The van der Waals surface area contributed by atoms with E-state index in [0.717, 1.165) is 5.56 Å². The monoisotopic (exact) mass is 371 g/mol. The molecule has 4 N–H and O–H groups in total. The van der Waals surface area contributed by atoms with E-state index in [1.807, 2.05) is 20.8 Å². The van der Waals surface area contributed by atoms with Gasteiger partial charge < -0.3 is 21.1 Å². The van der Waals surface area contributed by atoms with Gasteiger partial charge in [0.2, 0.25) is 0 Å². The smallest absolute Gasteiger partial charge is 0.323 e. The van der Waals surface area contributed by atoms with E-state index >= 15 is 0 Å². The number of nitrogen functional groups attached to an aromatic ring is 1. The van der Waals surface area contributed by atoms with Crippen molar-refractivity contribution in [3.05, 3.63) is 53.3 Å². The van der Waals surface area contributed by atoms with Crippen molar-refractivity contribution in [1.29, 1.82) is 0 Å². The molecule has 2 aromatic rings. The Morgan fingerprint density at radius 2 is 1.96 bits per heavy atom. The number of esters is 1. The minimum Gasteiger partial charge on any atom is -0.457 e. The molecule has 2 amide bonds. The summed E-state index contributed by atoms with van der Waals surface area (Å²) in [6, 6.07) is 8.89. The SMILES string of the molecule is Cc1cc(N)ccc1NC(=O)Nc1ccc(F)c(C2OC(=O)CC2(C)C)c1. The van der Waals surface area contributed by atoms with Crippen LogP contribution in [0.25, 0.3) is 0 Å². The second-order valence-corrected chi connectivity index (χ2v) is 7.43. The number of carbonyl (C=O) groups is 2. The summed E-state index contributed by atoms with van der Waals surface area (Å²) in [7, 11) is 0. The first-order valence-corrected chi connectivity index (χ1v) is 8.59. The second kappa shape index (κ2) is 6.90. The summed E-state index contributed by atoms with van der Waals surface area (Å²) >= 11 is 0. The van der Waals surface area contributed by atoms with E-state index < -0.39 is 23.4 Å². The third-order valence-electron chi connectivity index (χ3n) is 4.59. The normalized spacial score (nSPS) is 18.1. The van der Waals surface area contributed by atoms with Crippen molar-refractivity contribution in [2.75, 3.05) is 16.4 Å². The third-order valence-corrected chi connectivity index (χ3v) is 4.59. The number of halogens is 1. The van der Waals surface area contributed by atoms with Crippen LogP contribution in [0.15, 0.2) is 36.4 Å². The van der Waals surface area contributed by atoms with Crippen molar-refractivity contribution in [1.82, 2.24) is 0 Å². The molecule has 0 radical (unpaired) electrons. The van der Waals surface area contributed by atoms with Crippen molar-refractivity contribution in [2.24, 2.45) is 5.41 Å². The fourth-order valence-corrected chi connectivity index (χ4v) is 3.22. The number of ether oxygens (including phenoxy) is 1. The van der Waals surface area contributed by atoms with Gasteiger partial charge in [-0.05, 0) is 48.9 Å². The molecule has 1 unspecified atom stereocenters. The lowest BCUT2D eigenvalue weighted by Gasteiger charge is -2.24. The molecule has 1 fully saturated rings. The third kappa shape index (κ3) is 4.02. The summed E-state index contributed by atoms with van der Waals surface area (Å²) < 4.78 is 19.6. The fraction of sp³-hybridized carbons (Fsp3) is 0.300. The fourth-order valence-electron chi connectivity index (χ4n) is 3.22. The van der Waals surface area contributed by atoms with Gasteiger partial charge in [0.25, 0.3) is 0 Å². The predicted molar refractivity (Wildman–Crippen MR) is 102 cm³/mol. The molecule has 1 saturated heterocycles. The maximum atomic E-state index is 14.3. The molecule has 0 aliphatic carbocycles. The first-order chi connectivity index (χ1) is 12.7. The molecule has 2 aromatic carbocycles. The van der Waals surface area contributed by atoms with Crippen LogP contribution >= 0.6 is 0 Å². The average Bonchev–Trinajstić information content (AvgIpc) is 2.84. The lowest BCUT2D eigenvalue weighted by atomic mass is 9.82. The number of hydrogen-bond donors (Lipinski definition) is 3. The number of benzene rings is 2. The number of rotatable bonds is 3. The van der Waals surface area contributed by atoms with Gasteiger partial charge in [0.1, 0.15) is 11.9 Å². The molecule has 1 atom stereocenters. The highest BCUT2D eigenvalue weighted by Crippen LogP contribution is 2.46. The Kier molecular flexibility index (Phi) is 4.78. The Hall–Kier alpha value is -3.09. The molecule has 0 spiro atoms. The maximum Gasteiger partial charge on any atom is 0.323 e. The Bertz CT molecular complexity index is 911. The number of cyclic esters (lactones) is 1. The van der Waals surface area contributed by atoms with Crippen LogP contribution in [-0.2, 0) is 9.53 Å². The van der Waals surface area contributed by atoms with E-state index in [-0.39, 0.29) is 18.0 Å². The molecule has 3 rings (SSSR count). The summed E-state index contributed by atoms with van der Waals surface area (Å²) in [5.41, 5.74) is 7.87. The highest BCUT2D eigenvalue weighted by Gasteiger charge is 2.43. The van der Waals surface area contributed by atoms with E-state index in [1.165, 1.54) is 18.2 Å². The topological polar surface area (TPSA) is 93.4 Å². The molecule has 142 valence electrons. The molecule has 1 heterocycles. The lowest BCUT2D eigenvalue weighted by Crippen LogP contribution is -2.21. The quantitative estimate of drug-likeness (QED) is 0.551. The molecule has 1 aliphatic rings. The van der Waals surface area contributed by atoms with Gasteiger partial charge in [-0.25, -0.2) is 9.18 Å². The van der Waals surface area contributed by atoms with E-state index in [2.05, 4.69) is 10.6 Å². The summed E-state index contributed by atoms with van der Waals surface area (Å²) in [6.45, 7) is 5.52. The number of hydrogen-bond acceptors (Lipinski definition) is 4. The molecule has 0 bridgehead atoms. The highest BCUT2D eigenvalue weighted by molar-refractivity contribution is 6.00. The highest BCUT2D eigenvalue weighted by atomic mass is 19.1. The van der Waals surface area contributed by atoms with E-state index in [0.29, 0.717) is 17.1 Å². The van der Waals surface area contributed by atoms with Gasteiger partial charge in [-0.15, -0.1) is 0 Å². The minimum atomic E-state index is -0.700. The van der Waals surface area contributed by atoms with Crippen molar-refractivity contribution < 1.29 is 18.7 Å². The summed E-state index contributed by atoms with van der Waals surface area (Å²) in [4.78, 5) is 23.9. The van der Waals surface area contributed by atoms with Crippen molar-refractivity contribution in [3.63, 3.8) is 0 Å². The van der Waals surface area contributed by atoms with Crippen LogP contribution in [0.2, 0.25) is 0 Å². The van der Waals surface area contributed by atoms with Gasteiger partial charge in [0.15, 0.2) is 0 Å². The van der Waals surface area contributed by atoms with Gasteiger partial charge in [-0.3, -0.25) is 4.79 Å². The van der Waals surface area contributed by atoms with Crippen LogP contribution in [-0.4, -0.2) is 12.0 Å². The van der Waals surface area contributed by atoms with Gasteiger partial charge >= 0.3 is 12.0 Å². The zero-order chi connectivity index (χ0) is 19.8. The Morgan fingerprint density at radius 1 is 1.22 bits per heavy atom. The number of aryl methyl sites for hydroxylation is 1. The largest absolute Gasteiger partial charge is 0.457 e. The molecule has 27 heavy (non-hydrogen) atoms. The zero-order valence-electron chi connectivity index (χ0n) is 15.4. The lowest BCUT2D eigenvalue weighted by molar-refractivity contribution is -0.142. The molecule has 0 saturated carbocycles. The van der Waals surface area contributed by atoms with E-state index in [1.54, 1.807) is 18.2 Å². The van der Waals surface area contributed by atoms with Crippen LogP contribution in [0.3, 0.4) is 0 Å². The standard InChI is InChI=1S/C20H22FN3O3/c1-11-8-12(22)4-7-16(11)24-19(26)23-13-5-6-15(21)14(9-13)18-20(2,3)10-17(25)27-18/h4-9,18H,10,22H2,1-3H3,(H2,23,24,26). The van der Waals surface area contributed by atoms with Crippen LogP contribution in [0.5, 0.6) is 0 Å². The Labute approximate surface area is 156 Å². The molecular formula is C20H22FN3O3. The van der Waals surface area contributed by atoms with Crippen molar-refractivity contribution in [2.45, 2.75) is 33.3 Å². The van der Waals surface area contributed by atoms with Gasteiger partial charge in [0, 0.05) is 28.0 Å². The number of urea groups is 1. The number of nitrogens with two attached hydrogens (primary N) is 1. The van der Waals surface area contributed by atoms with Gasteiger partial charge in [0.05, 0.1) is 6.42 Å². The van der Waals surface area contributed by atoms with E-state index in [4.69, 9.17) is 10.5 Å². The van der Waals surface area contributed by atoms with Crippen LogP contribution in [0, 0.1) is 18.2 Å². The molecule has 0 aromatic heterocycles. The molecular weight excluding hydrogens is 349 g/mol. The summed E-state index contributed by atoms with van der Waals surface area (Å²) in [5, 5.41) is 5.40. The van der Waals surface area contributed by atoms with Crippen LogP contribution in [0.4, 0.5) is 26.2 Å². The first kappa shape index (κ1) is 18.7. The molecule has 6 nitrogen and oxygen atoms in total. The predicted octanol–water partition coefficient (Wildman–Crippen LogP) is 4.37.